The maximum atomic E-state index is 11.0. The molecule has 1 aliphatic heterocycles. The molecule has 0 aromatic heterocycles. The van der Waals surface area contributed by atoms with Gasteiger partial charge in [0.2, 0.25) is 0 Å². The summed E-state index contributed by atoms with van der Waals surface area (Å²) in [4.78, 5) is 13.1. The Hall–Kier alpha value is -1.35. The molecule has 1 aromatic rings. The summed E-state index contributed by atoms with van der Waals surface area (Å²) in [6, 6.07) is 6.61. The van der Waals surface area contributed by atoms with Crippen LogP contribution < -0.4 is 0 Å². The number of aliphatic carboxylic acids is 1. The van der Waals surface area contributed by atoms with E-state index >= 15 is 0 Å². The fourth-order valence-electron chi connectivity index (χ4n) is 2.84. The normalized spacial score (nSPS) is 20.9. The van der Waals surface area contributed by atoms with Gasteiger partial charge in [-0.3, -0.25) is 9.69 Å². The molecular weight excluding hydrogens is 226 g/mol. The Kier molecular flexibility index (Phi) is 4.02. The highest BCUT2D eigenvalue weighted by molar-refractivity contribution is 5.69. The maximum Gasteiger partial charge on any atom is 0.317 e. The summed E-state index contributed by atoms with van der Waals surface area (Å²) in [5.41, 5.74) is 3.89. The number of carboxylic acids is 1. The van der Waals surface area contributed by atoms with E-state index in [1.165, 1.54) is 23.1 Å². The fraction of sp³-hybridized carbons (Fsp3) is 0.533. The number of likely N-dealkylation sites (tertiary alicyclic amines) is 1. The number of aryl methyl sites for hydroxylation is 1. The van der Waals surface area contributed by atoms with Crippen molar-refractivity contribution in [3.8, 4) is 0 Å². The Labute approximate surface area is 108 Å². The summed E-state index contributed by atoms with van der Waals surface area (Å²) < 4.78 is 0. The lowest BCUT2D eigenvalue weighted by Gasteiger charge is -2.35. The Bertz CT molecular complexity index is 442. The molecule has 1 atom stereocenters. The molecular formula is C15H21NO2. The molecule has 1 saturated heterocycles. The number of benzene rings is 1. The number of hydrogen-bond acceptors (Lipinski definition) is 2. The fourth-order valence-corrected chi connectivity index (χ4v) is 2.84. The maximum absolute atomic E-state index is 11.0. The zero-order valence-electron chi connectivity index (χ0n) is 11.1. The van der Waals surface area contributed by atoms with Gasteiger partial charge in [-0.25, -0.2) is 0 Å². The quantitative estimate of drug-likeness (QED) is 0.892. The summed E-state index contributed by atoms with van der Waals surface area (Å²) in [6.45, 7) is 5.30. The standard InChI is InChI=1S/C15H21NO2/c1-11-6-5-7-13(12(11)2)14-8-3-4-9-16(14)10-15(17)18/h5-7,14H,3-4,8-10H2,1-2H3,(H,17,18)/t14-/m1/s1. The van der Waals surface area contributed by atoms with Gasteiger partial charge in [0.05, 0.1) is 6.54 Å². The first-order chi connectivity index (χ1) is 8.59. The largest absolute Gasteiger partial charge is 0.480 e. The number of rotatable bonds is 3. The van der Waals surface area contributed by atoms with Crippen LogP contribution in [0.4, 0.5) is 0 Å². The van der Waals surface area contributed by atoms with E-state index < -0.39 is 5.97 Å². The van der Waals surface area contributed by atoms with Crippen LogP contribution in [-0.2, 0) is 4.79 Å². The SMILES string of the molecule is Cc1cccc([C@H]2CCCCN2CC(=O)O)c1C. The van der Waals surface area contributed by atoms with Gasteiger partial charge in [0.15, 0.2) is 0 Å². The highest BCUT2D eigenvalue weighted by Gasteiger charge is 2.26. The zero-order valence-corrected chi connectivity index (χ0v) is 11.1. The molecule has 3 nitrogen and oxygen atoms in total. The lowest BCUT2D eigenvalue weighted by Crippen LogP contribution is -2.37. The van der Waals surface area contributed by atoms with Gasteiger partial charge in [0, 0.05) is 6.04 Å². The summed E-state index contributed by atoms with van der Waals surface area (Å²) in [7, 11) is 0. The molecule has 0 spiro atoms. The van der Waals surface area contributed by atoms with Crippen LogP contribution in [0.1, 0.15) is 42.0 Å². The summed E-state index contributed by atoms with van der Waals surface area (Å²) in [6.07, 6.45) is 3.36. The average molecular weight is 247 g/mol. The first kappa shape index (κ1) is 13.1. The minimum atomic E-state index is -0.729. The molecule has 0 aliphatic carbocycles. The monoisotopic (exact) mass is 247 g/mol. The number of nitrogens with zero attached hydrogens (tertiary/aromatic N) is 1. The zero-order chi connectivity index (χ0) is 13.1. The number of carbonyl (C=O) groups is 1. The van der Waals surface area contributed by atoms with Gasteiger partial charge in [-0.05, 0) is 49.9 Å². The third-order valence-corrected chi connectivity index (χ3v) is 3.96. The van der Waals surface area contributed by atoms with E-state index in [4.69, 9.17) is 5.11 Å². The second-order valence-electron chi connectivity index (χ2n) is 5.16. The van der Waals surface area contributed by atoms with Gasteiger partial charge < -0.3 is 5.11 Å². The van der Waals surface area contributed by atoms with Gasteiger partial charge in [-0.1, -0.05) is 24.6 Å². The predicted molar refractivity (Wildman–Crippen MR) is 71.7 cm³/mol. The first-order valence-electron chi connectivity index (χ1n) is 6.61. The molecule has 1 N–H and O–H groups in total. The van der Waals surface area contributed by atoms with Crippen LogP contribution in [0.3, 0.4) is 0 Å². The Balaban J connectivity index is 2.27. The average Bonchev–Trinajstić information content (AvgIpc) is 2.33. The molecule has 0 unspecified atom stereocenters. The van der Waals surface area contributed by atoms with E-state index in [-0.39, 0.29) is 12.6 Å². The van der Waals surface area contributed by atoms with Gasteiger partial charge in [0.25, 0.3) is 0 Å². The molecule has 0 radical (unpaired) electrons. The Morgan fingerprint density at radius 1 is 1.39 bits per heavy atom. The van der Waals surface area contributed by atoms with Crippen molar-refractivity contribution in [2.45, 2.75) is 39.2 Å². The molecule has 2 rings (SSSR count). The van der Waals surface area contributed by atoms with Crippen molar-refractivity contribution in [1.29, 1.82) is 0 Å². The van der Waals surface area contributed by atoms with Crippen molar-refractivity contribution in [2.24, 2.45) is 0 Å². The van der Waals surface area contributed by atoms with Crippen molar-refractivity contribution >= 4 is 5.97 Å². The minimum absolute atomic E-state index is 0.151. The van der Waals surface area contributed by atoms with Crippen LogP contribution in [0.15, 0.2) is 18.2 Å². The highest BCUT2D eigenvalue weighted by Crippen LogP contribution is 2.33. The molecule has 18 heavy (non-hydrogen) atoms. The van der Waals surface area contributed by atoms with Gasteiger partial charge in [-0.2, -0.15) is 0 Å². The molecule has 98 valence electrons. The summed E-state index contributed by atoms with van der Waals surface area (Å²) >= 11 is 0. The number of carboxylic acid groups (broad SMARTS) is 1. The highest BCUT2D eigenvalue weighted by atomic mass is 16.4. The van der Waals surface area contributed by atoms with Crippen molar-refractivity contribution in [3.63, 3.8) is 0 Å². The smallest absolute Gasteiger partial charge is 0.317 e. The first-order valence-corrected chi connectivity index (χ1v) is 6.61. The minimum Gasteiger partial charge on any atom is -0.480 e. The molecule has 0 saturated carbocycles. The second-order valence-corrected chi connectivity index (χ2v) is 5.16. The number of piperidine rings is 1. The summed E-state index contributed by atoms with van der Waals surface area (Å²) in [5, 5.41) is 9.01. The topological polar surface area (TPSA) is 40.5 Å². The lowest BCUT2D eigenvalue weighted by atomic mass is 9.90. The van der Waals surface area contributed by atoms with E-state index in [1.807, 2.05) is 0 Å². The van der Waals surface area contributed by atoms with E-state index in [1.54, 1.807) is 0 Å². The van der Waals surface area contributed by atoms with Crippen LogP contribution in [0.25, 0.3) is 0 Å². The molecule has 1 aliphatic rings. The molecule has 1 aromatic carbocycles. The molecule has 0 amide bonds. The third kappa shape index (κ3) is 2.72. The van der Waals surface area contributed by atoms with Crippen LogP contribution >= 0.6 is 0 Å². The van der Waals surface area contributed by atoms with Gasteiger partial charge in [0.1, 0.15) is 0 Å². The molecule has 1 fully saturated rings. The second kappa shape index (κ2) is 5.53. The predicted octanol–water partition coefficient (Wildman–Crippen LogP) is 2.92. The summed E-state index contributed by atoms with van der Waals surface area (Å²) in [5.74, 6) is -0.729. The van der Waals surface area contributed by atoms with E-state index in [9.17, 15) is 4.79 Å². The van der Waals surface area contributed by atoms with Gasteiger partial charge in [-0.15, -0.1) is 0 Å². The van der Waals surface area contributed by atoms with E-state index in [0.717, 1.165) is 19.4 Å². The Morgan fingerprint density at radius 2 is 2.17 bits per heavy atom. The molecule has 1 heterocycles. The van der Waals surface area contributed by atoms with E-state index in [2.05, 4.69) is 36.9 Å². The van der Waals surface area contributed by atoms with Crippen molar-refractivity contribution in [3.05, 3.63) is 34.9 Å². The van der Waals surface area contributed by atoms with Crippen LogP contribution in [0.5, 0.6) is 0 Å². The van der Waals surface area contributed by atoms with Crippen molar-refractivity contribution < 1.29 is 9.90 Å². The van der Waals surface area contributed by atoms with Crippen LogP contribution in [0.2, 0.25) is 0 Å². The van der Waals surface area contributed by atoms with E-state index in [0.29, 0.717) is 0 Å². The van der Waals surface area contributed by atoms with Gasteiger partial charge >= 0.3 is 5.97 Å². The van der Waals surface area contributed by atoms with Crippen molar-refractivity contribution in [1.82, 2.24) is 4.90 Å². The lowest BCUT2D eigenvalue weighted by molar-refractivity contribution is -0.139. The number of hydrogen-bond donors (Lipinski definition) is 1. The third-order valence-electron chi connectivity index (χ3n) is 3.96. The molecule has 0 bridgehead atoms. The molecule has 3 heteroatoms. The van der Waals surface area contributed by atoms with Crippen LogP contribution in [-0.4, -0.2) is 29.1 Å². The Morgan fingerprint density at radius 3 is 2.89 bits per heavy atom. The van der Waals surface area contributed by atoms with Crippen molar-refractivity contribution in [2.75, 3.05) is 13.1 Å². The van der Waals surface area contributed by atoms with Crippen LogP contribution in [0, 0.1) is 13.8 Å².